The van der Waals surface area contributed by atoms with E-state index in [1.54, 1.807) is 17.1 Å². The van der Waals surface area contributed by atoms with E-state index < -0.39 is 0 Å². The van der Waals surface area contributed by atoms with Crippen molar-refractivity contribution in [2.75, 3.05) is 5.43 Å². The lowest BCUT2D eigenvalue weighted by atomic mass is 10.2. The Bertz CT molecular complexity index is 850. The van der Waals surface area contributed by atoms with Crippen LogP contribution >= 0.6 is 11.3 Å². The van der Waals surface area contributed by atoms with Crippen molar-refractivity contribution in [1.29, 1.82) is 0 Å². The summed E-state index contributed by atoms with van der Waals surface area (Å²) >= 11 is 1.50. The summed E-state index contributed by atoms with van der Waals surface area (Å²) in [5.41, 5.74) is 9.18. The van der Waals surface area contributed by atoms with E-state index in [1.165, 1.54) is 16.9 Å². The van der Waals surface area contributed by atoms with Crippen molar-refractivity contribution in [3.8, 4) is 5.13 Å². The summed E-state index contributed by atoms with van der Waals surface area (Å²) < 4.78 is 1.69. The first-order valence-electron chi connectivity index (χ1n) is 7.83. The summed E-state index contributed by atoms with van der Waals surface area (Å²) in [6.45, 7) is 2.03. The molecule has 1 aliphatic carbocycles. The number of hydrazine groups is 1. The fourth-order valence-electron chi connectivity index (χ4n) is 2.48. The number of amides is 1. The van der Waals surface area contributed by atoms with Crippen molar-refractivity contribution in [1.82, 2.24) is 20.2 Å². The summed E-state index contributed by atoms with van der Waals surface area (Å²) in [5.74, 6) is 0.201. The third-order valence-electron chi connectivity index (χ3n) is 3.94. The molecular weight excluding hydrogens is 322 g/mol. The van der Waals surface area contributed by atoms with Crippen molar-refractivity contribution in [2.24, 2.45) is 0 Å². The van der Waals surface area contributed by atoms with Gasteiger partial charge in [-0.3, -0.25) is 15.6 Å². The molecule has 1 amide bonds. The molecule has 0 saturated heterocycles. The van der Waals surface area contributed by atoms with Gasteiger partial charge in [-0.15, -0.1) is 11.3 Å². The predicted molar refractivity (Wildman–Crippen MR) is 93.5 cm³/mol. The molecule has 1 aromatic carbocycles. The second-order valence-electron chi connectivity index (χ2n) is 5.91. The third kappa shape index (κ3) is 3.03. The maximum absolute atomic E-state index is 12.6. The van der Waals surface area contributed by atoms with Crippen molar-refractivity contribution >= 4 is 22.9 Å². The fraction of sp³-hybridized carbons (Fsp3) is 0.235. The average molecular weight is 339 g/mol. The summed E-state index contributed by atoms with van der Waals surface area (Å²) in [4.78, 5) is 16.8. The maximum Gasteiger partial charge on any atom is 0.273 e. The smallest absolute Gasteiger partial charge is 0.273 e. The van der Waals surface area contributed by atoms with Crippen molar-refractivity contribution < 1.29 is 4.79 Å². The predicted octanol–water partition coefficient (Wildman–Crippen LogP) is 3.27. The van der Waals surface area contributed by atoms with Crippen LogP contribution in [0.4, 0.5) is 5.69 Å². The third-order valence-corrected chi connectivity index (χ3v) is 4.70. The van der Waals surface area contributed by atoms with E-state index in [2.05, 4.69) is 20.9 Å². The van der Waals surface area contributed by atoms with Gasteiger partial charge in [0.15, 0.2) is 0 Å². The number of aryl methyl sites for hydroxylation is 1. The molecule has 0 aliphatic heterocycles. The SMILES string of the molecule is Cc1ccc(NNC(=O)c2cn(-c3nccs3)nc2C2CC2)cc1. The van der Waals surface area contributed by atoms with Crippen molar-refractivity contribution in [3.63, 3.8) is 0 Å². The molecule has 4 rings (SSSR count). The molecule has 2 N–H and O–H groups in total. The van der Waals surface area contributed by atoms with E-state index >= 15 is 0 Å². The number of benzene rings is 1. The Balaban J connectivity index is 1.53. The molecule has 7 heteroatoms. The standard InChI is InChI=1S/C17H17N5OS/c1-11-2-6-13(7-3-11)19-20-16(23)14-10-22(17-18-8-9-24-17)21-15(14)12-4-5-12/h2-3,6-10,12,19H,4-5H2,1H3,(H,20,23). The lowest BCUT2D eigenvalue weighted by Crippen LogP contribution is -2.29. The number of hydrogen-bond donors (Lipinski definition) is 2. The van der Waals surface area contributed by atoms with Gasteiger partial charge in [0.25, 0.3) is 5.91 Å². The van der Waals surface area contributed by atoms with Gasteiger partial charge in [-0.25, -0.2) is 9.67 Å². The molecule has 24 heavy (non-hydrogen) atoms. The van der Waals surface area contributed by atoms with Gasteiger partial charge < -0.3 is 0 Å². The highest BCUT2D eigenvalue weighted by Crippen LogP contribution is 2.41. The Kier molecular flexibility index (Phi) is 3.78. The molecule has 1 aliphatic rings. The second kappa shape index (κ2) is 6.09. The zero-order chi connectivity index (χ0) is 16.5. The van der Waals surface area contributed by atoms with Crippen LogP contribution < -0.4 is 10.9 Å². The summed E-state index contributed by atoms with van der Waals surface area (Å²) in [6, 6.07) is 7.84. The Morgan fingerprint density at radius 1 is 1.29 bits per heavy atom. The van der Waals surface area contributed by atoms with Crippen molar-refractivity contribution in [2.45, 2.75) is 25.7 Å². The van der Waals surface area contributed by atoms with Crippen LogP contribution in [0.15, 0.2) is 42.0 Å². The number of nitrogens with zero attached hydrogens (tertiary/aromatic N) is 3. The van der Waals surface area contributed by atoms with Crippen LogP contribution in [0.2, 0.25) is 0 Å². The number of nitrogens with one attached hydrogen (secondary N) is 2. The normalized spacial score (nSPS) is 13.7. The Morgan fingerprint density at radius 2 is 2.08 bits per heavy atom. The number of hydrogen-bond acceptors (Lipinski definition) is 5. The average Bonchev–Trinajstić information content (AvgIpc) is 3.12. The molecule has 122 valence electrons. The van der Waals surface area contributed by atoms with Gasteiger partial charge in [0.05, 0.1) is 16.9 Å². The Morgan fingerprint density at radius 3 is 2.75 bits per heavy atom. The van der Waals surface area contributed by atoms with Gasteiger partial charge in [0.2, 0.25) is 5.13 Å². The maximum atomic E-state index is 12.6. The minimum absolute atomic E-state index is 0.180. The van der Waals surface area contributed by atoms with Gasteiger partial charge in [-0.1, -0.05) is 17.7 Å². The topological polar surface area (TPSA) is 71.8 Å². The van der Waals surface area contributed by atoms with Crippen LogP contribution in [0.1, 0.15) is 40.4 Å². The first kappa shape index (κ1) is 14.9. The zero-order valence-electron chi connectivity index (χ0n) is 13.2. The minimum Gasteiger partial charge on any atom is -0.298 e. The fourth-order valence-corrected chi connectivity index (χ4v) is 3.05. The van der Waals surface area contributed by atoms with E-state index in [4.69, 9.17) is 0 Å². The Labute approximate surface area is 143 Å². The highest BCUT2D eigenvalue weighted by atomic mass is 32.1. The van der Waals surface area contributed by atoms with Crippen LogP contribution in [0.3, 0.4) is 0 Å². The van der Waals surface area contributed by atoms with Gasteiger partial charge in [0, 0.05) is 23.7 Å². The number of carbonyl (C=O) groups excluding carboxylic acids is 1. The molecule has 2 aromatic heterocycles. The molecule has 3 aromatic rings. The first-order chi connectivity index (χ1) is 11.7. The van der Waals surface area contributed by atoms with Crippen LogP contribution in [-0.4, -0.2) is 20.7 Å². The Hall–Kier alpha value is -2.67. The quantitative estimate of drug-likeness (QED) is 0.700. The lowest BCUT2D eigenvalue weighted by molar-refractivity contribution is 0.0961. The van der Waals surface area contributed by atoms with Crippen LogP contribution in [0.25, 0.3) is 5.13 Å². The van der Waals surface area contributed by atoms with E-state index in [-0.39, 0.29) is 5.91 Å². The molecule has 0 radical (unpaired) electrons. The van der Waals surface area contributed by atoms with E-state index in [9.17, 15) is 4.79 Å². The molecule has 1 saturated carbocycles. The van der Waals surface area contributed by atoms with Crippen LogP contribution in [0, 0.1) is 6.92 Å². The molecule has 0 atom stereocenters. The van der Waals surface area contributed by atoms with E-state index in [0.29, 0.717) is 11.5 Å². The van der Waals surface area contributed by atoms with E-state index in [1.807, 2.05) is 36.6 Å². The van der Waals surface area contributed by atoms with E-state index in [0.717, 1.165) is 29.4 Å². The summed E-state index contributed by atoms with van der Waals surface area (Å²) in [7, 11) is 0. The summed E-state index contributed by atoms with van der Waals surface area (Å²) in [6.07, 6.45) is 5.66. The molecule has 1 fully saturated rings. The summed E-state index contributed by atoms with van der Waals surface area (Å²) in [5, 5.41) is 7.24. The van der Waals surface area contributed by atoms with Crippen LogP contribution in [-0.2, 0) is 0 Å². The number of thiazole rings is 1. The monoisotopic (exact) mass is 339 g/mol. The number of rotatable bonds is 5. The highest BCUT2D eigenvalue weighted by Gasteiger charge is 2.32. The molecule has 2 heterocycles. The highest BCUT2D eigenvalue weighted by molar-refractivity contribution is 7.12. The van der Waals surface area contributed by atoms with Gasteiger partial charge in [0.1, 0.15) is 0 Å². The molecule has 0 bridgehead atoms. The number of aromatic nitrogens is 3. The molecule has 0 unspecified atom stereocenters. The number of carbonyl (C=O) groups is 1. The van der Waals surface area contributed by atoms with Crippen LogP contribution in [0.5, 0.6) is 0 Å². The molecule has 6 nitrogen and oxygen atoms in total. The lowest BCUT2D eigenvalue weighted by Gasteiger charge is -2.08. The van der Waals surface area contributed by atoms with Gasteiger partial charge in [-0.2, -0.15) is 5.10 Å². The van der Waals surface area contributed by atoms with Crippen molar-refractivity contribution in [3.05, 3.63) is 58.9 Å². The second-order valence-corrected chi connectivity index (χ2v) is 6.78. The zero-order valence-corrected chi connectivity index (χ0v) is 14.0. The van der Waals surface area contributed by atoms with Gasteiger partial charge >= 0.3 is 0 Å². The molecule has 0 spiro atoms. The van der Waals surface area contributed by atoms with Gasteiger partial charge in [-0.05, 0) is 31.9 Å². The minimum atomic E-state index is -0.180. The first-order valence-corrected chi connectivity index (χ1v) is 8.71. The number of anilines is 1. The largest absolute Gasteiger partial charge is 0.298 e. The molecular formula is C17H17N5OS.